The van der Waals surface area contributed by atoms with E-state index in [2.05, 4.69) is 29.5 Å². The second-order valence-electron chi connectivity index (χ2n) is 4.36. The van der Waals surface area contributed by atoms with Crippen LogP contribution >= 0.6 is 11.3 Å². The lowest BCUT2D eigenvalue weighted by Crippen LogP contribution is -2.17. The number of hydrogen-bond acceptors (Lipinski definition) is 3. The normalized spacial score (nSPS) is 10.8. The van der Waals surface area contributed by atoms with Gasteiger partial charge in [0.25, 0.3) is 0 Å². The monoisotopic (exact) mass is 259 g/mol. The number of nitrogen functional groups attached to an aromatic ring is 1. The van der Waals surface area contributed by atoms with E-state index >= 15 is 0 Å². The number of nitrogens with two attached hydrogens (primary N) is 1. The van der Waals surface area contributed by atoms with Gasteiger partial charge < -0.3 is 5.73 Å². The smallest absolute Gasteiger partial charge is 0.122 e. The molecule has 1 aromatic carbocycles. The van der Waals surface area contributed by atoms with Crippen LogP contribution in [0.3, 0.4) is 0 Å². The third-order valence-corrected chi connectivity index (χ3v) is 3.58. The van der Waals surface area contributed by atoms with E-state index in [4.69, 9.17) is 11.1 Å². The van der Waals surface area contributed by atoms with E-state index in [0.717, 1.165) is 18.7 Å². The fourth-order valence-corrected chi connectivity index (χ4v) is 2.61. The summed E-state index contributed by atoms with van der Waals surface area (Å²) < 4.78 is 0. The van der Waals surface area contributed by atoms with Gasteiger partial charge in [0.15, 0.2) is 0 Å². The Balaban J connectivity index is 1.94. The highest BCUT2D eigenvalue weighted by molar-refractivity contribution is 7.09. The average Bonchev–Trinajstić information content (AvgIpc) is 2.82. The molecule has 0 amide bonds. The van der Waals surface area contributed by atoms with Crippen molar-refractivity contribution in [3.05, 3.63) is 57.8 Å². The Morgan fingerprint density at radius 1 is 1.22 bits per heavy atom. The van der Waals surface area contributed by atoms with Gasteiger partial charge in [0.1, 0.15) is 5.84 Å². The van der Waals surface area contributed by atoms with E-state index < -0.39 is 0 Å². The molecular weight excluding hydrogens is 242 g/mol. The summed E-state index contributed by atoms with van der Waals surface area (Å²) in [5.41, 5.74) is 7.44. The lowest BCUT2D eigenvalue weighted by atomic mass is 10.1. The number of nitrogens with zero attached hydrogens (tertiary/aromatic N) is 1. The predicted octanol–water partition coefficient (Wildman–Crippen LogP) is 2.66. The molecule has 0 radical (unpaired) electrons. The van der Waals surface area contributed by atoms with Crippen molar-refractivity contribution in [1.82, 2.24) is 4.90 Å². The fourth-order valence-electron chi connectivity index (χ4n) is 1.83. The fraction of sp³-hybridized carbons (Fsp3) is 0.214. The molecule has 0 unspecified atom stereocenters. The Kier molecular flexibility index (Phi) is 4.12. The van der Waals surface area contributed by atoms with Crippen molar-refractivity contribution in [3.8, 4) is 0 Å². The standard InChI is InChI=1S/C14H17N3S/c1-17(10-13-3-2-8-18-13)9-11-4-6-12(7-5-11)14(15)16/h2-8H,9-10H2,1H3,(H3,15,16). The third-order valence-electron chi connectivity index (χ3n) is 2.72. The van der Waals surface area contributed by atoms with Gasteiger partial charge in [-0.05, 0) is 24.1 Å². The number of amidine groups is 1. The molecule has 0 aliphatic rings. The van der Waals surface area contributed by atoms with Gasteiger partial charge in [-0.1, -0.05) is 30.3 Å². The predicted molar refractivity (Wildman–Crippen MR) is 76.9 cm³/mol. The highest BCUT2D eigenvalue weighted by Crippen LogP contribution is 2.13. The zero-order chi connectivity index (χ0) is 13.0. The molecule has 3 N–H and O–H groups in total. The van der Waals surface area contributed by atoms with Crippen LogP contribution in [0.4, 0.5) is 0 Å². The molecule has 2 rings (SSSR count). The molecule has 94 valence electrons. The van der Waals surface area contributed by atoms with Crippen LogP contribution in [0.1, 0.15) is 16.0 Å². The molecule has 2 aromatic rings. The van der Waals surface area contributed by atoms with Crippen molar-refractivity contribution in [2.45, 2.75) is 13.1 Å². The summed E-state index contributed by atoms with van der Waals surface area (Å²) in [7, 11) is 2.11. The Hall–Kier alpha value is -1.65. The van der Waals surface area contributed by atoms with Crippen molar-refractivity contribution < 1.29 is 0 Å². The lowest BCUT2D eigenvalue weighted by Gasteiger charge is -2.15. The van der Waals surface area contributed by atoms with Crippen LogP contribution in [0.5, 0.6) is 0 Å². The van der Waals surface area contributed by atoms with Crippen LogP contribution < -0.4 is 5.73 Å². The Morgan fingerprint density at radius 2 is 1.94 bits per heavy atom. The number of thiophene rings is 1. The second kappa shape index (κ2) is 5.80. The Morgan fingerprint density at radius 3 is 2.50 bits per heavy atom. The average molecular weight is 259 g/mol. The van der Waals surface area contributed by atoms with Gasteiger partial charge in [-0.3, -0.25) is 10.3 Å². The first kappa shape index (κ1) is 12.8. The van der Waals surface area contributed by atoms with Crippen LogP contribution in [0.2, 0.25) is 0 Å². The van der Waals surface area contributed by atoms with Gasteiger partial charge in [0.05, 0.1) is 0 Å². The van der Waals surface area contributed by atoms with Gasteiger partial charge in [-0.25, -0.2) is 0 Å². The summed E-state index contributed by atoms with van der Waals surface area (Å²) in [5, 5.41) is 9.45. The van der Waals surface area contributed by atoms with E-state index in [1.54, 1.807) is 11.3 Å². The summed E-state index contributed by atoms with van der Waals surface area (Å²) in [6, 6.07) is 12.1. The van der Waals surface area contributed by atoms with Crippen LogP contribution in [-0.2, 0) is 13.1 Å². The third kappa shape index (κ3) is 3.42. The first-order valence-corrected chi connectivity index (χ1v) is 6.67. The molecule has 0 bridgehead atoms. The molecule has 18 heavy (non-hydrogen) atoms. The number of rotatable bonds is 5. The number of hydrogen-bond donors (Lipinski definition) is 2. The molecule has 0 spiro atoms. The van der Waals surface area contributed by atoms with Crippen LogP contribution in [-0.4, -0.2) is 17.8 Å². The van der Waals surface area contributed by atoms with Gasteiger partial charge in [0.2, 0.25) is 0 Å². The Bertz CT molecular complexity index is 502. The van der Waals surface area contributed by atoms with E-state index in [1.165, 1.54) is 10.4 Å². The zero-order valence-corrected chi connectivity index (χ0v) is 11.2. The highest BCUT2D eigenvalue weighted by atomic mass is 32.1. The van der Waals surface area contributed by atoms with Crippen molar-refractivity contribution >= 4 is 17.2 Å². The van der Waals surface area contributed by atoms with Crippen molar-refractivity contribution in [3.63, 3.8) is 0 Å². The molecule has 1 aromatic heterocycles. The Labute approximate surface area is 111 Å². The maximum absolute atomic E-state index is 7.35. The zero-order valence-electron chi connectivity index (χ0n) is 10.4. The number of benzene rings is 1. The minimum Gasteiger partial charge on any atom is -0.384 e. The maximum atomic E-state index is 7.35. The quantitative estimate of drug-likeness (QED) is 0.640. The first-order chi connectivity index (χ1) is 8.65. The largest absolute Gasteiger partial charge is 0.384 e. The molecule has 0 fully saturated rings. The summed E-state index contributed by atoms with van der Waals surface area (Å²) in [4.78, 5) is 3.65. The van der Waals surface area contributed by atoms with Gasteiger partial charge in [-0.2, -0.15) is 0 Å². The van der Waals surface area contributed by atoms with Crippen molar-refractivity contribution in [2.24, 2.45) is 5.73 Å². The van der Waals surface area contributed by atoms with E-state index in [1.807, 2.05) is 24.3 Å². The molecular formula is C14H17N3S. The molecule has 0 aliphatic carbocycles. The summed E-state index contributed by atoms with van der Waals surface area (Å²) in [6.45, 7) is 1.86. The highest BCUT2D eigenvalue weighted by Gasteiger charge is 2.03. The van der Waals surface area contributed by atoms with E-state index in [-0.39, 0.29) is 5.84 Å². The van der Waals surface area contributed by atoms with E-state index in [0.29, 0.717) is 0 Å². The van der Waals surface area contributed by atoms with E-state index in [9.17, 15) is 0 Å². The van der Waals surface area contributed by atoms with Crippen LogP contribution in [0, 0.1) is 5.41 Å². The molecule has 0 saturated carbocycles. The van der Waals surface area contributed by atoms with Gasteiger partial charge in [0, 0.05) is 23.5 Å². The van der Waals surface area contributed by atoms with Crippen molar-refractivity contribution in [2.75, 3.05) is 7.05 Å². The summed E-state index contributed by atoms with van der Waals surface area (Å²) in [6.07, 6.45) is 0. The van der Waals surface area contributed by atoms with Crippen molar-refractivity contribution in [1.29, 1.82) is 5.41 Å². The topological polar surface area (TPSA) is 53.1 Å². The molecule has 0 atom stereocenters. The minimum absolute atomic E-state index is 0.119. The second-order valence-corrected chi connectivity index (χ2v) is 5.39. The molecule has 1 heterocycles. The summed E-state index contributed by atoms with van der Waals surface area (Å²) >= 11 is 1.78. The first-order valence-electron chi connectivity index (χ1n) is 5.79. The van der Waals surface area contributed by atoms with Gasteiger partial charge in [-0.15, -0.1) is 11.3 Å². The molecule has 3 nitrogen and oxygen atoms in total. The molecule has 4 heteroatoms. The molecule has 0 saturated heterocycles. The summed E-state index contributed by atoms with van der Waals surface area (Å²) in [5.74, 6) is 0.119. The minimum atomic E-state index is 0.119. The van der Waals surface area contributed by atoms with Crippen LogP contribution in [0.25, 0.3) is 0 Å². The maximum Gasteiger partial charge on any atom is 0.122 e. The number of nitrogens with one attached hydrogen (secondary N) is 1. The SMILES string of the molecule is CN(Cc1ccc(C(=N)N)cc1)Cc1cccs1. The van der Waals surface area contributed by atoms with Gasteiger partial charge >= 0.3 is 0 Å². The lowest BCUT2D eigenvalue weighted by molar-refractivity contribution is 0.322. The van der Waals surface area contributed by atoms with Crippen LogP contribution in [0.15, 0.2) is 41.8 Å². The molecule has 0 aliphatic heterocycles.